The lowest BCUT2D eigenvalue weighted by Gasteiger charge is -2.30. The number of imidazole rings is 1. The fraction of sp³-hybridized carbons (Fsp3) is 0.474. The van der Waals surface area contributed by atoms with Gasteiger partial charge in [0.05, 0.1) is 16.8 Å². The van der Waals surface area contributed by atoms with E-state index in [-0.39, 0.29) is 5.75 Å². The van der Waals surface area contributed by atoms with Crippen molar-refractivity contribution < 1.29 is 13.2 Å². The summed E-state index contributed by atoms with van der Waals surface area (Å²) < 4.78 is 30.5. The zero-order valence-electron chi connectivity index (χ0n) is 16.5. The number of benzene rings is 1. The molecule has 0 saturated heterocycles. The summed E-state index contributed by atoms with van der Waals surface area (Å²) in [7, 11) is -3.50. The Morgan fingerprint density at radius 2 is 1.93 bits per heavy atom. The number of ether oxygens (including phenoxy) is 1. The van der Waals surface area contributed by atoms with Crippen molar-refractivity contribution in [2.75, 3.05) is 18.1 Å². The molecular formula is C19H27N5O3S. The van der Waals surface area contributed by atoms with Crippen molar-refractivity contribution in [2.24, 2.45) is 5.14 Å². The van der Waals surface area contributed by atoms with Crippen LogP contribution >= 0.6 is 0 Å². The zero-order valence-corrected chi connectivity index (χ0v) is 17.3. The molecule has 8 nitrogen and oxygen atoms in total. The summed E-state index contributed by atoms with van der Waals surface area (Å²) in [5, 5.41) is 6.12. The number of nitrogens with zero attached hydrogens (tertiary/aromatic N) is 3. The third-order valence-corrected chi connectivity index (χ3v) is 5.71. The number of rotatable bonds is 8. The van der Waals surface area contributed by atoms with Gasteiger partial charge in [-0.15, -0.1) is 0 Å². The van der Waals surface area contributed by atoms with Gasteiger partial charge in [0, 0.05) is 17.5 Å². The molecule has 0 unspecified atom stereocenters. The molecule has 0 atom stereocenters. The van der Waals surface area contributed by atoms with E-state index in [2.05, 4.69) is 23.4 Å². The van der Waals surface area contributed by atoms with E-state index in [1.165, 1.54) is 0 Å². The maximum absolute atomic E-state index is 11.4. The first-order valence-electron chi connectivity index (χ1n) is 9.28. The quantitative estimate of drug-likeness (QED) is 0.593. The number of hydrogen-bond acceptors (Lipinski definition) is 6. The molecule has 3 rings (SSSR count). The monoisotopic (exact) mass is 405 g/mol. The highest BCUT2D eigenvalue weighted by atomic mass is 32.2. The van der Waals surface area contributed by atoms with Crippen molar-refractivity contribution in [1.82, 2.24) is 14.5 Å². The van der Waals surface area contributed by atoms with Crippen LogP contribution in [0.4, 0.5) is 5.82 Å². The summed E-state index contributed by atoms with van der Waals surface area (Å²) in [6.45, 7) is 6.92. The first-order valence-corrected chi connectivity index (χ1v) is 11.0. The summed E-state index contributed by atoms with van der Waals surface area (Å²) in [4.78, 5) is 9.21. The Kier molecular flexibility index (Phi) is 5.60. The number of nitrogen functional groups attached to an aromatic ring is 1. The van der Waals surface area contributed by atoms with Crippen LogP contribution in [-0.2, 0) is 26.9 Å². The van der Waals surface area contributed by atoms with E-state index in [0.717, 1.165) is 22.2 Å². The van der Waals surface area contributed by atoms with Crippen molar-refractivity contribution in [2.45, 2.75) is 45.8 Å². The van der Waals surface area contributed by atoms with Crippen LogP contribution in [0.5, 0.6) is 0 Å². The number of sulfonamides is 1. The molecule has 0 aliphatic rings. The number of nitrogens with two attached hydrogens (primary N) is 2. The fourth-order valence-corrected chi connectivity index (χ4v) is 4.15. The van der Waals surface area contributed by atoms with Crippen LogP contribution in [0.15, 0.2) is 24.3 Å². The number of aromatic nitrogens is 3. The van der Waals surface area contributed by atoms with Crippen molar-refractivity contribution in [3.63, 3.8) is 0 Å². The van der Waals surface area contributed by atoms with E-state index in [1.54, 1.807) is 0 Å². The van der Waals surface area contributed by atoms with Crippen LogP contribution in [0.1, 0.15) is 39.4 Å². The Bertz CT molecular complexity index is 1110. The molecule has 2 heterocycles. The molecule has 0 bridgehead atoms. The lowest BCUT2D eigenvalue weighted by Crippen LogP contribution is -2.30. The molecule has 2 aromatic heterocycles. The maximum Gasteiger partial charge on any atom is 0.209 e. The third kappa shape index (κ3) is 4.11. The van der Waals surface area contributed by atoms with Gasteiger partial charge in [0.15, 0.2) is 5.82 Å². The first-order chi connectivity index (χ1) is 13.1. The lowest BCUT2D eigenvalue weighted by molar-refractivity contribution is 0.121. The number of hydrogen-bond donors (Lipinski definition) is 2. The molecule has 3 aromatic rings. The molecule has 0 saturated carbocycles. The fourth-order valence-electron chi connectivity index (χ4n) is 3.61. The normalized spacial score (nSPS) is 12.9. The second-order valence-corrected chi connectivity index (χ2v) is 9.23. The Hall–Kier alpha value is -2.23. The Morgan fingerprint density at radius 1 is 1.21 bits per heavy atom. The van der Waals surface area contributed by atoms with Crippen molar-refractivity contribution in [1.29, 1.82) is 0 Å². The minimum atomic E-state index is -3.50. The summed E-state index contributed by atoms with van der Waals surface area (Å²) >= 11 is 0. The molecule has 0 fully saturated rings. The van der Waals surface area contributed by atoms with Crippen LogP contribution in [0.3, 0.4) is 0 Å². The van der Waals surface area contributed by atoms with Crippen molar-refractivity contribution in [3.05, 3.63) is 30.1 Å². The molecular weight excluding hydrogens is 378 g/mol. The average Bonchev–Trinajstić information content (AvgIpc) is 3.00. The van der Waals surface area contributed by atoms with Gasteiger partial charge in [-0.25, -0.2) is 23.5 Å². The second-order valence-electron chi connectivity index (χ2n) is 7.49. The predicted molar refractivity (Wildman–Crippen MR) is 111 cm³/mol. The highest BCUT2D eigenvalue weighted by Crippen LogP contribution is 2.35. The SMILES string of the molecule is CCOCc1nc2c(N)nc3ccccc3c2n1C(C)(C)CCCS(N)(=O)=O. The van der Waals surface area contributed by atoms with Gasteiger partial charge < -0.3 is 15.0 Å². The van der Waals surface area contributed by atoms with Gasteiger partial charge >= 0.3 is 0 Å². The van der Waals surface area contributed by atoms with Crippen LogP contribution in [0, 0.1) is 0 Å². The van der Waals surface area contributed by atoms with E-state index < -0.39 is 15.6 Å². The highest BCUT2D eigenvalue weighted by Gasteiger charge is 2.28. The number of anilines is 1. The van der Waals surface area contributed by atoms with Crippen LogP contribution < -0.4 is 10.9 Å². The molecule has 0 aliphatic carbocycles. The summed E-state index contributed by atoms with van der Waals surface area (Å²) in [5.41, 5.74) is 8.09. The number of pyridine rings is 1. The topological polar surface area (TPSA) is 126 Å². The maximum atomic E-state index is 11.4. The van der Waals surface area contributed by atoms with E-state index >= 15 is 0 Å². The summed E-state index contributed by atoms with van der Waals surface area (Å²) in [5.74, 6) is 1.04. The van der Waals surface area contributed by atoms with E-state index in [0.29, 0.717) is 37.4 Å². The van der Waals surface area contributed by atoms with Gasteiger partial charge in [-0.1, -0.05) is 18.2 Å². The Morgan fingerprint density at radius 3 is 2.61 bits per heavy atom. The van der Waals surface area contributed by atoms with E-state index in [4.69, 9.17) is 20.6 Å². The lowest BCUT2D eigenvalue weighted by atomic mass is 9.97. The standard InChI is InChI=1S/C19H27N5O3S/c1-4-27-12-15-23-16-17(13-8-5-6-9-14(13)22-18(16)20)24(15)19(2,3)10-7-11-28(21,25)26/h5-6,8-9H,4,7,10-12H2,1-3H3,(H2,20,22)(H2,21,25,26). The minimum Gasteiger partial charge on any atom is -0.382 e. The summed E-state index contributed by atoms with van der Waals surface area (Å²) in [6, 6.07) is 7.78. The van der Waals surface area contributed by atoms with Crippen LogP contribution in [0.25, 0.3) is 21.9 Å². The van der Waals surface area contributed by atoms with Crippen LogP contribution in [-0.4, -0.2) is 35.3 Å². The van der Waals surface area contributed by atoms with Gasteiger partial charge in [0.1, 0.15) is 17.9 Å². The number of para-hydroxylation sites is 1. The van der Waals surface area contributed by atoms with E-state index in [9.17, 15) is 8.42 Å². The molecule has 1 aromatic carbocycles. The highest BCUT2D eigenvalue weighted by molar-refractivity contribution is 7.89. The minimum absolute atomic E-state index is 0.0612. The largest absolute Gasteiger partial charge is 0.382 e. The molecule has 152 valence electrons. The van der Waals surface area contributed by atoms with E-state index in [1.807, 2.05) is 31.2 Å². The zero-order chi connectivity index (χ0) is 20.5. The average molecular weight is 406 g/mol. The molecule has 9 heteroatoms. The van der Waals surface area contributed by atoms with Crippen LogP contribution in [0.2, 0.25) is 0 Å². The van der Waals surface area contributed by atoms with Gasteiger partial charge in [-0.2, -0.15) is 0 Å². The molecule has 4 N–H and O–H groups in total. The molecule has 28 heavy (non-hydrogen) atoms. The second kappa shape index (κ2) is 7.65. The van der Waals surface area contributed by atoms with Gasteiger partial charge in [0.2, 0.25) is 10.0 Å². The van der Waals surface area contributed by atoms with Gasteiger partial charge in [-0.3, -0.25) is 0 Å². The van der Waals surface area contributed by atoms with Gasteiger partial charge in [-0.05, 0) is 39.7 Å². The van der Waals surface area contributed by atoms with Gasteiger partial charge in [0.25, 0.3) is 0 Å². The molecule has 0 amide bonds. The predicted octanol–water partition coefficient (Wildman–Crippen LogP) is 2.51. The van der Waals surface area contributed by atoms with Crippen molar-refractivity contribution >= 4 is 37.8 Å². The first kappa shape index (κ1) is 20.5. The Balaban J connectivity index is 2.19. The molecule has 0 aliphatic heterocycles. The third-order valence-electron chi connectivity index (χ3n) is 4.85. The smallest absolute Gasteiger partial charge is 0.209 e. The summed E-state index contributed by atoms with van der Waals surface area (Å²) in [6.07, 6.45) is 1.04. The molecule has 0 spiro atoms. The Labute approximate surface area is 164 Å². The number of primary sulfonamides is 1. The number of fused-ring (bicyclic) bond motifs is 3. The molecule has 0 radical (unpaired) electrons. The van der Waals surface area contributed by atoms with Crippen molar-refractivity contribution in [3.8, 4) is 0 Å².